The molecule has 2 bridgehead atoms. The summed E-state index contributed by atoms with van der Waals surface area (Å²) in [4.78, 5) is 25.0. The van der Waals surface area contributed by atoms with Crippen LogP contribution < -0.4 is 21.3 Å². The molecule has 3 aromatic rings. The molecule has 4 atom stereocenters. The van der Waals surface area contributed by atoms with Crippen molar-refractivity contribution in [1.82, 2.24) is 10.6 Å². The van der Waals surface area contributed by atoms with E-state index in [0.29, 0.717) is 11.8 Å². The third-order valence-corrected chi connectivity index (χ3v) is 9.22. The molecule has 6 nitrogen and oxygen atoms in total. The van der Waals surface area contributed by atoms with Gasteiger partial charge in [-0.25, -0.2) is 0 Å². The highest BCUT2D eigenvalue weighted by Crippen LogP contribution is 2.58. The highest BCUT2D eigenvalue weighted by Gasteiger charge is 2.40. The summed E-state index contributed by atoms with van der Waals surface area (Å²) in [6, 6.07) is 21.1. The summed E-state index contributed by atoms with van der Waals surface area (Å²) >= 11 is 0. The van der Waals surface area contributed by atoms with Crippen LogP contribution in [0.2, 0.25) is 0 Å². The van der Waals surface area contributed by atoms with Crippen LogP contribution in [0.5, 0.6) is 0 Å². The molecule has 2 heterocycles. The quantitative estimate of drug-likeness (QED) is 0.333. The minimum atomic E-state index is -0.0781. The highest BCUT2D eigenvalue weighted by molar-refractivity contribution is 5.96. The molecule has 0 aromatic heterocycles. The van der Waals surface area contributed by atoms with Crippen LogP contribution in [0, 0.1) is 0 Å². The summed E-state index contributed by atoms with van der Waals surface area (Å²) in [5.74, 6) is 1.35. The van der Waals surface area contributed by atoms with Gasteiger partial charge in [0.05, 0.1) is 12.1 Å². The Morgan fingerprint density at radius 2 is 1.03 bits per heavy atom. The number of rotatable bonds is 6. The minimum absolute atomic E-state index is 0.0589. The summed E-state index contributed by atoms with van der Waals surface area (Å²) in [6.45, 7) is 1.83. The first-order valence-corrected chi connectivity index (χ1v) is 14.6. The predicted molar refractivity (Wildman–Crippen MR) is 156 cm³/mol. The Morgan fingerprint density at radius 1 is 0.590 bits per heavy atom. The minimum Gasteiger partial charge on any atom is -0.325 e. The molecule has 2 aliphatic carbocycles. The summed E-state index contributed by atoms with van der Waals surface area (Å²) in [7, 11) is 0. The monoisotopic (exact) mass is 520 g/mol. The summed E-state index contributed by atoms with van der Waals surface area (Å²) in [5.41, 5.74) is 9.79. The van der Waals surface area contributed by atoms with E-state index in [1.165, 1.54) is 52.6 Å². The maximum Gasteiger partial charge on any atom is 0.241 e. The van der Waals surface area contributed by atoms with Crippen LogP contribution >= 0.6 is 0 Å². The fraction of sp³-hybridized carbons (Fsp3) is 0.394. The second kappa shape index (κ2) is 10.2. The maximum atomic E-state index is 12.5. The molecule has 1 saturated carbocycles. The van der Waals surface area contributed by atoms with E-state index in [-0.39, 0.29) is 23.9 Å². The van der Waals surface area contributed by atoms with Crippen molar-refractivity contribution in [3.63, 3.8) is 0 Å². The molecule has 2 saturated heterocycles. The van der Waals surface area contributed by atoms with Crippen LogP contribution in [-0.4, -0.2) is 37.0 Å². The molecule has 3 fully saturated rings. The van der Waals surface area contributed by atoms with Crippen LogP contribution in [0.1, 0.15) is 67.9 Å². The molecule has 3 aromatic carbocycles. The third-order valence-electron chi connectivity index (χ3n) is 9.22. The first kappa shape index (κ1) is 24.6. The molecule has 4 N–H and O–H groups in total. The van der Waals surface area contributed by atoms with Gasteiger partial charge in [-0.2, -0.15) is 0 Å². The van der Waals surface area contributed by atoms with Crippen molar-refractivity contribution in [2.45, 2.75) is 68.9 Å². The molecular weight excluding hydrogens is 484 g/mol. The zero-order valence-electron chi connectivity index (χ0n) is 22.3. The van der Waals surface area contributed by atoms with Crippen molar-refractivity contribution >= 4 is 23.2 Å². The highest BCUT2D eigenvalue weighted by atomic mass is 16.2. The number of benzene rings is 3. The van der Waals surface area contributed by atoms with E-state index in [9.17, 15) is 9.59 Å². The van der Waals surface area contributed by atoms with Crippen LogP contribution in [0.15, 0.2) is 60.7 Å². The van der Waals surface area contributed by atoms with Gasteiger partial charge in [-0.3, -0.25) is 9.59 Å². The van der Waals surface area contributed by atoms with E-state index < -0.39 is 0 Å². The lowest BCUT2D eigenvalue weighted by Gasteiger charge is -2.23. The summed E-state index contributed by atoms with van der Waals surface area (Å²) in [5, 5.41) is 12.7. The molecule has 0 spiro atoms. The molecule has 6 heteroatoms. The van der Waals surface area contributed by atoms with Gasteiger partial charge in [0.25, 0.3) is 0 Å². The first-order chi connectivity index (χ1) is 19.1. The molecule has 200 valence electrons. The molecular formula is C33H36N4O2. The van der Waals surface area contributed by atoms with Gasteiger partial charge in [0.15, 0.2) is 0 Å². The van der Waals surface area contributed by atoms with Gasteiger partial charge in [-0.15, -0.1) is 0 Å². The second-order valence-electron chi connectivity index (χ2n) is 11.6. The van der Waals surface area contributed by atoms with Crippen molar-refractivity contribution in [3.05, 3.63) is 71.8 Å². The Hall–Kier alpha value is -3.48. The van der Waals surface area contributed by atoms with Gasteiger partial charge in [-0.1, -0.05) is 36.4 Å². The smallest absolute Gasteiger partial charge is 0.241 e. The van der Waals surface area contributed by atoms with Crippen molar-refractivity contribution in [1.29, 1.82) is 0 Å². The maximum absolute atomic E-state index is 12.5. The fourth-order valence-corrected chi connectivity index (χ4v) is 7.27. The Labute approximate surface area is 230 Å². The lowest BCUT2D eigenvalue weighted by Crippen LogP contribution is -2.35. The molecule has 0 radical (unpaired) electrons. The Bertz CT molecular complexity index is 1280. The molecule has 39 heavy (non-hydrogen) atoms. The van der Waals surface area contributed by atoms with E-state index in [1.807, 2.05) is 24.3 Å². The number of carbonyl (C=O) groups is 2. The topological polar surface area (TPSA) is 82.3 Å². The molecule has 4 aliphatic rings. The number of anilines is 2. The number of nitrogens with one attached hydrogen (secondary N) is 4. The summed E-state index contributed by atoms with van der Waals surface area (Å²) in [6.07, 6.45) is 7.68. The van der Waals surface area contributed by atoms with E-state index in [4.69, 9.17) is 0 Å². The zero-order chi connectivity index (χ0) is 26.3. The SMILES string of the molecule is O=C(Nc1ccc(-c2ccc(-c3ccc(NC(=O)C4CCCN4)cc3)c3c2C2CCC3C2)cc1)C1CCCN1. The number of carbonyl (C=O) groups excluding carboxylic acids is 2. The normalized spacial score (nSPS) is 25.0. The van der Waals surface area contributed by atoms with E-state index >= 15 is 0 Å². The van der Waals surface area contributed by atoms with Crippen molar-refractivity contribution in [2.75, 3.05) is 23.7 Å². The third kappa shape index (κ3) is 4.66. The Kier molecular flexibility index (Phi) is 6.45. The molecule has 7 rings (SSSR count). The lowest BCUT2D eigenvalue weighted by molar-refractivity contribution is -0.118. The van der Waals surface area contributed by atoms with Crippen LogP contribution in [0.3, 0.4) is 0 Å². The van der Waals surface area contributed by atoms with Crippen molar-refractivity contribution < 1.29 is 9.59 Å². The molecule has 2 amide bonds. The first-order valence-electron chi connectivity index (χ1n) is 14.6. The Balaban J connectivity index is 1.14. The van der Waals surface area contributed by atoms with Crippen LogP contribution in [0.25, 0.3) is 22.3 Å². The zero-order valence-corrected chi connectivity index (χ0v) is 22.3. The van der Waals surface area contributed by atoms with Crippen molar-refractivity contribution in [2.24, 2.45) is 0 Å². The van der Waals surface area contributed by atoms with Crippen LogP contribution in [0.4, 0.5) is 11.4 Å². The number of amides is 2. The Morgan fingerprint density at radius 3 is 1.41 bits per heavy atom. The summed E-state index contributed by atoms with van der Waals surface area (Å²) < 4.78 is 0. The molecule has 2 aliphatic heterocycles. The van der Waals surface area contributed by atoms with Gasteiger partial charge in [0, 0.05) is 11.4 Å². The van der Waals surface area contributed by atoms with Gasteiger partial charge >= 0.3 is 0 Å². The number of fused-ring (bicyclic) bond motifs is 5. The van der Waals surface area contributed by atoms with E-state index in [0.717, 1.165) is 50.1 Å². The van der Waals surface area contributed by atoms with E-state index in [2.05, 4.69) is 57.7 Å². The van der Waals surface area contributed by atoms with Gasteiger partial charge in [0.1, 0.15) is 0 Å². The number of hydrogen-bond donors (Lipinski definition) is 4. The van der Waals surface area contributed by atoms with Crippen LogP contribution in [-0.2, 0) is 9.59 Å². The fourth-order valence-electron chi connectivity index (χ4n) is 7.27. The molecule has 4 unspecified atom stereocenters. The average molecular weight is 521 g/mol. The predicted octanol–water partition coefficient (Wildman–Crippen LogP) is 5.77. The van der Waals surface area contributed by atoms with Gasteiger partial charge in [-0.05, 0) is 128 Å². The number of hydrogen-bond acceptors (Lipinski definition) is 4. The van der Waals surface area contributed by atoms with Crippen molar-refractivity contribution in [3.8, 4) is 22.3 Å². The van der Waals surface area contributed by atoms with E-state index in [1.54, 1.807) is 0 Å². The van der Waals surface area contributed by atoms with Gasteiger partial charge in [0.2, 0.25) is 11.8 Å². The second-order valence-corrected chi connectivity index (χ2v) is 11.6. The average Bonchev–Trinajstić information content (AvgIpc) is 3.79. The lowest BCUT2D eigenvalue weighted by atomic mass is 9.81. The van der Waals surface area contributed by atoms with Gasteiger partial charge < -0.3 is 21.3 Å². The largest absolute Gasteiger partial charge is 0.325 e. The standard InChI is InChI=1S/C33H36N4O2/c38-32(28-3-1-17-34-28)36-24-11-7-20(8-12-24)26-15-16-27(31-23-6-5-22(19-23)30(26)31)21-9-13-25(14-10-21)37-33(39)29-4-2-18-35-29/h7-16,22-23,28-29,34-35H,1-6,17-19H2,(H,36,38)(H,37,39).